The molecule has 1 aromatic heterocycles. The molecule has 6 nitrogen and oxygen atoms in total. The first kappa shape index (κ1) is 19.8. The van der Waals surface area contributed by atoms with E-state index in [1.165, 1.54) is 0 Å². The summed E-state index contributed by atoms with van der Waals surface area (Å²) in [7, 11) is 0. The van der Waals surface area contributed by atoms with Gasteiger partial charge in [0.25, 0.3) is 5.91 Å². The molecule has 2 N–H and O–H groups in total. The Hall–Kier alpha value is -2.54. The lowest BCUT2D eigenvalue weighted by molar-refractivity contribution is -0.119. The number of Topliss-reactive ketones (excluding diaryl/α,β-unsaturated/α-hetero) is 1. The minimum Gasteiger partial charge on any atom is -0.354 e. The van der Waals surface area contributed by atoms with Crippen LogP contribution in [0.25, 0.3) is 0 Å². The number of H-pyrrole nitrogens is 1. The highest BCUT2D eigenvalue weighted by Crippen LogP contribution is 2.30. The smallest absolute Gasteiger partial charge is 0.271 e. The van der Waals surface area contributed by atoms with E-state index in [0.29, 0.717) is 34.9 Å². The van der Waals surface area contributed by atoms with Crippen molar-refractivity contribution in [2.24, 2.45) is 0 Å². The van der Waals surface area contributed by atoms with Crippen LogP contribution in [0.4, 0.5) is 5.69 Å². The molecule has 1 unspecified atom stereocenters. The van der Waals surface area contributed by atoms with E-state index in [1.54, 1.807) is 16.7 Å². The number of carbonyl (C=O) groups excluding carboxylic acids is 3. The Morgan fingerprint density at radius 3 is 2.69 bits per heavy atom. The summed E-state index contributed by atoms with van der Waals surface area (Å²) in [5, 5.41) is 2.95. The molecule has 2 aromatic rings. The Bertz CT molecular complexity index is 1010. The minimum atomic E-state index is -0.537. The van der Waals surface area contributed by atoms with Gasteiger partial charge in [0.15, 0.2) is 5.78 Å². The van der Waals surface area contributed by atoms with E-state index in [4.69, 9.17) is 0 Å². The van der Waals surface area contributed by atoms with E-state index in [1.807, 2.05) is 39.0 Å². The fourth-order valence-corrected chi connectivity index (χ4v) is 5.19. The normalized spacial score (nSPS) is 18.7. The molecule has 0 radical (unpaired) electrons. The van der Waals surface area contributed by atoms with Crippen LogP contribution in [0.1, 0.15) is 56.1 Å². The highest BCUT2D eigenvalue weighted by molar-refractivity contribution is 7.99. The lowest BCUT2D eigenvalue weighted by atomic mass is 9.93. The van der Waals surface area contributed by atoms with Gasteiger partial charge in [-0.1, -0.05) is 6.07 Å². The van der Waals surface area contributed by atoms with E-state index >= 15 is 0 Å². The van der Waals surface area contributed by atoms with Gasteiger partial charge in [-0.05, 0) is 62.4 Å². The molecule has 1 fully saturated rings. The number of hydrogen-bond donors (Lipinski definition) is 2. The van der Waals surface area contributed by atoms with Crippen LogP contribution in [0.15, 0.2) is 18.2 Å². The maximum Gasteiger partial charge on any atom is 0.271 e. The number of rotatable bonds is 3. The quantitative estimate of drug-likeness (QED) is 0.808. The van der Waals surface area contributed by atoms with E-state index in [9.17, 15) is 14.4 Å². The van der Waals surface area contributed by atoms with Gasteiger partial charge < -0.3 is 15.2 Å². The summed E-state index contributed by atoms with van der Waals surface area (Å²) >= 11 is 1.56. The fraction of sp³-hybridized carbons (Fsp3) is 0.409. The van der Waals surface area contributed by atoms with Crippen LogP contribution in [-0.4, -0.2) is 45.2 Å². The van der Waals surface area contributed by atoms with Gasteiger partial charge in [0.2, 0.25) is 5.91 Å². The zero-order valence-electron chi connectivity index (χ0n) is 16.9. The highest BCUT2D eigenvalue weighted by Gasteiger charge is 2.37. The maximum atomic E-state index is 13.2. The van der Waals surface area contributed by atoms with E-state index in [-0.39, 0.29) is 17.6 Å². The number of benzene rings is 1. The summed E-state index contributed by atoms with van der Waals surface area (Å²) in [6.07, 6.45) is 2.11. The molecular formula is C22H25N3O3S. The lowest BCUT2D eigenvalue weighted by Gasteiger charge is -2.23. The molecule has 4 rings (SSSR count). The second-order valence-electron chi connectivity index (χ2n) is 7.83. The van der Waals surface area contributed by atoms with Gasteiger partial charge in [0.05, 0.1) is 5.88 Å². The first-order chi connectivity index (χ1) is 13.9. The van der Waals surface area contributed by atoms with Crippen LogP contribution in [0.5, 0.6) is 0 Å². The van der Waals surface area contributed by atoms with Gasteiger partial charge in [0.1, 0.15) is 11.7 Å². The fourth-order valence-electron chi connectivity index (χ4n) is 4.04. The van der Waals surface area contributed by atoms with Crippen LogP contribution in [0.3, 0.4) is 0 Å². The second kappa shape index (κ2) is 7.71. The minimum absolute atomic E-state index is 0.0962. The molecule has 1 atom stereocenters. The SMILES string of the molecule is Cc1ccc(NC(=O)C2CSCN2C(=O)c2[nH]c3c(c2C)C(=O)CCC3)cc1C. The average Bonchev–Trinajstić information content (AvgIpc) is 3.30. The number of thioether (sulfide) groups is 1. The standard InChI is InChI=1S/C22H25N3O3S/c1-12-7-8-15(9-13(12)2)23-21(27)17-10-29-11-25(17)22(28)20-14(3)19-16(24-20)5-4-6-18(19)26/h7-9,17,24H,4-6,10-11H2,1-3H3,(H,23,27). The molecular weight excluding hydrogens is 386 g/mol. The first-order valence-electron chi connectivity index (χ1n) is 9.88. The molecule has 0 spiro atoms. The molecule has 1 aliphatic carbocycles. The number of carbonyl (C=O) groups is 3. The Morgan fingerprint density at radius 1 is 1.17 bits per heavy atom. The van der Waals surface area contributed by atoms with Crippen molar-refractivity contribution in [2.45, 2.75) is 46.1 Å². The van der Waals surface area contributed by atoms with Gasteiger partial charge in [0, 0.05) is 29.1 Å². The Kier molecular flexibility index (Phi) is 5.25. The van der Waals surface area contributed by atoms with Crippen LogP contribution < -0.4 is 5.32 Å². The van der Waals surface area contributed by atoms with Crippen molar-refractivity contribution in [1.29, 1.82) is 0 Å². The number of ketones is 1. The Balaban J connectivity index is 1.55. The van der Waals surface area contributed by atoms with Crippen LogP contribution >= 0.6 is 11.8 Å². The molecule has 2 aliphatic rings. The number of nitrogens with one attached hydrogen (secondary N) is 2. The molecule has 1 aromatic carbocycles. The van der Waals surface area contributed by atoms with Gasteiger partial charge in [-0.15, -0.1) is 11.8 Å². The summed E-state index contributed by atoms with van der Waals surface area (Å²) in [4.78, 5) is 43.2. The zero-order chi connectivity index (χ0) is 20.7. The third-order valence-electron chi connectivity index (χ3n) is 5.87. The molecule has 2 heterocycles. The number of anilines is 1. The lowest BCUT2D eigenvalue weighted by Crippen LogP contribution is -2.44. The number of aromatic nitrogens is 1. The van der Waals surface area contributed by atoms with Crippen LogP contribution in [-0.2, 0) is 11.2 Å². The topological polar surface area (TPSA) is 82.3 Å². The number of amides is 2. The number of aromatic amines is 1. The Morgan fingerprint density at radius 2 is 1.97 bits per heavy atom. The largest absolute Gasteiger partial charge is 0.354 e. The monoisotopic (exact) mass is 411 g/mol. The second-order valence-corrected chi connectivity index (χ2v) is 8.83. The molecule has 0 bridgehead atoms. The molecule has 152 valence electrons. The molecule has 29 heavy (non-hydrogen) atoms. The number of fused-ring (bicyclic) bond motifs is 1. The van der Waals surface area contributed by atoms with Gasteiger partial charge >= 0.3 is 0 Å². The number of nitrogens with zero attached hydrogens (tertiary/aromatic N) is 1. The van der Waals surface area contributed by atoms with Crippen molar-refractivity contribution < 1.29 is 14.4 Å². The zero-order valence-corrected chi connectivity index (χ0v) is 17.7. The molecule has 0 saturated carbocycles. The summed E-state index contributed by atoms with van der Waals surface area (Å²) in [6, 6.07) is 5.25. The third-order valence-corrected chi connectivity index (χ3v) is 6.88. The molecule has 7 heteroatoms. The number of hydrogen-bond acceptors (Lipinski definition) is 4. The molecule has 2 amide bonds. The predicted octanol–water partition coefficient (Wildman–Crippen LogP) is 3.61. The van der Waals surface area contributed by atoms with Crippen molar-refractivity contribution in [3.63, 3.8) is 0 Å². The summed E-state index contributed by atoms with van der Waals surface area (Å²) < 4.78 is 0. The van der Waals surface area contributed by atoms with E-state index < -0.39 is 6.04 Å². The van der Waals surface area contributed by atoms with Gasteiger partial charge in [-0.3, -0.25) is 14.4 Å². The van der Waals surface area contributed by atoms with Crippen molar-refractivity contribution in [1.82, 2.24) is 9.88 Å². The van der Waals surface area contributed by atoms with E-state index in [2.05, 4.69) is 10.3 Å². The highest BCUT2D eigenvalue weighted by atomic mass is 32.2. The summed E-state index contributed by atoms with van der Waals surface area (Å²) in [5.74, 6) is 0.715. The van der Waals surface area contributed by atoms with Crippen molar-refractivity contribution in [2.75, 3.05) is 16.9 Å². The predicted molar refractivity (Wildman–Crippen MR) is 115 cm³/mol. The van der Waals surface area contributed by atoms with Crippen LogP contribution in [0.2, 0.25) is 0 Å². The van der Waals surface area contributed by atoms with E-state index in [0.717, 1.165) is 35.3 Å². The summed E-state index contributed by atoms with van der Waals surface area (Å²) in [5.41, 5.74) is 5.68. The van der Waals surface area contributed by atoms with Gasteiger partial charge in [-0.25, -0.2) is 0 Å². The maximum absolute atomic E-state index is 13.2. The van der Waals surface area contributed by atoms with Gasteiger partial charge in [-0.2, -0.15) is 0 Å². The number of aryl methyl sites for hydroxylation is 3. The van der Waals surface area contributed by atoms with Crippen molar-refractivity contribution >= 4 is 35.0 Å². The Labute approximate surface area is 174 Å². The van der Waals surface area contributed by atoms with Crippen LogP contribution in [0, 0.1) is 20.8 Å². The third kappa shape index (κ3) is 3.59. The molecule has 1 saturated heterocycles. The summed E-state index contributed by atoms with van der Waals surface area (Å²) in [6.45, 7) is 5.85. The molecule has 1 aliphatic heterocycles. The first-order valence-corrected chi connectivity index (χ1v) is 11.0. The van der Waals surface area contributed by atoms with Crippen molar-refractivity contribution in [3.05, 3.63) is 51.8 Å². The van der Waals surface area contributed by atoms with Crippen molar-refractivity contribution in [3.8, 4) is 0 Å². The average molecular weight is 412 g/mol.